The molecule has 1 aromatic rings. The smallest absolute Gasteiger partial charge is 0.140 e. The molecule has 0 saturated carbocycles. The molecule has 4 nitrogen and oxygen atoms in total. The second-order valence-corrected chi connectivity index (χ2v) is 6.02. The molecule has 2 rings (SSSR count). The van der Waals surface area contributed by atoms with Crippen molar-refractivity contribution in [2.24, 2.45) is 0 Å². The standard InChI is InChI=1S/C12H17Br2N3O/c1-2-17-3-4-18-10(8-17)7-16-12-11(14)5-9(13)6-15-12/h5-6,10H,2-4,7-8H2,1H3,(H,15,16). The number of rotatable bonds is 4. The molecule has 6 heteroatoms. The highest BCUT2D eigenvalue weighted by Crippen LogP contribution is 2.23. The molecule has 1 atom stereocenters. The van der Waals surface area contributed by atoms with Crippen molar-refractivity contribution in [1.82, 2.24) is 9.88 Å². The summed E-state index contributed by atoms with van der Waals surface area (Å²) in [6, 6.07) is 1.98. The van der Waals surface area contributed by atoms with Crippen LogP contribution in [0.5, 0.6) is 0 Å². The molecular weight excluding hydrogens is 362 g/mol. The Hall–Kier alpha value is -0.170. The number of nitrogens with one attached hydrogen (secondary N) is 1. The van der Waals surface area contributed by atoms with Crippen LogP contribution in [0.2, 0.25) is 0 Å². The predicted octanol–water partition coefficient (Wildman–Crippen LogP) is 2.74. The van der Waals surface area contributed by atoms with Gasteiger partial charge in [-0.3, -0.25) is 4.90 Å². The molecule has 1 aromatic heterocycles. The van der Waals surface area contributed by atoms with Crippen LogP contribution in [-0.4, -0.2) is 48.8 Å². The maximum atomic E-state index is 5.74. The molecule has 1 N–H and O–H groups in total. The van der Waals surface area contributed by atoms with Crippen LogP contribution in [-0.2, 0) is 4.74 Å². The van der Waals surface area contributed by atoms with Gasteiger partial charge >= 0.3 is 0 Å². The fraction of sp³-hybridized carbons (Fsp3) is 0.583. The molecule has 1 aliphatic heterocycles. The number of ether oxygens (including phenoxy) is 1. The van der Waals surface area contributed by atoms with Gasteiger partial charge in [0.15, 0.2) is 0 Å². The van der Waals surface area contributed by atoms with E-state index in [1.54, 1.807) is 6.20 Å². The van der Waals surface area contributed by atoms with Crippen molar-refractivity contribution >= 4 is 37.7 Å². The zero-order valence-corrected chi connectivity index (χ0v) is 13.5. The monoisotopic (exact) mass is 377 g/mol. The summed E-state index contributed by atoms with van der Waals surface area (Å²) in [4.78, 5) is 6.73. The van der Waals surface area contributed by atoms with Crippen molar-refractivity contribution in [2.75, 3.05) is 38.1 Å². The number of likely N-dealkylation sites (N-methyl/N-ethyl adjacent to an activating group) is 1. The van der Waals surface area contributed by atoms with Crippen molar-refractivity contribution in [2.45, 2.75) is 13.0 Å². The van der Waals surface area contributed by atoms with Gasteiger partial charge in [-0.1, -0.05) is 6.92 Å². The Morgan fingerprint density at radius 3 is 3.11 bits per heavy atom. The maximum absolute atomic E-state index is 5.74. The van der Waals surface area contributed by atoms with E-state index in [0.29, 0.717) is 0 Å². The fourth-order valence-corrected chi connectivity index (χ4v) is 3.07. The molecule has 0 radical (unpaired) electrons. The summed E-state index contributed by atoms with van der Waals surface area (Å²) in [5, 5.41) is 3.32. The molecule has 0 amide bonds. The molecule has 0 spiro atoms. The first-order chi connectivity index (χ1) is 8.69. The average Bonchev–Trinajstić information content (AvgIpc) is 2.38. The summed E-state index contributed by atoms with van der Waals surface area (Å²) in [6.07, 6.45) is 2.02. The Morgan fingerprint density at radius 2 is 2.39 bits per heavy atom. The number of morpholine rings is 1. The van der Waals surface area contributed by atoms with Crippen LogP contribution in [0.4, 0.5) is 5.82 Å². The van der Waals surface area contributed by atoms with Crippen LogP contribution in [0, 0.1) is 0 Å². The van der Waals surface area contributed by atoms with Crippen LogP contribution in [0.1, 0.15) is 6.92 Å². The number of hydrogen-bond acceptors (Lipinski definition) is 4. The molecule has 0 bridgehead atoms. The van der Waals surface area contributed by atoms with Gasteiger partial charge in [0.1, 0.15) is 5.82 Å². The largest absolute Gasteiger partial charge is 0.374 e. The van der Waals surface area contributed by atoms with Crippen LogP contribution in [0.15, 0.2) is 21.2 Å². The molecule has 1 fully saturated rings. The third-order valence-corrected chi connectivity index (χ3v) is 4.01. The maximum Gasteiger partial charge on any atom is 0.140 e. The molecule has 0 aromatic carbocycles. The van der Waals surface area contributed by atoms with Gasteiger partial charge in [-0.15, -0.1) is 0 Å². The molecule has 18 heavy (non-hydrogen) atoms. The van der Waals surface area contributed by atoms with Crippen LogP contribution >= 0.6 is 31.9 Å². The van der Waals surface area contributed by atoms with Gasteiger partial charge in [0, 0.05) is 30.3 Å². The summed E-state index contributed by atoms with van der Waals surface area (Å²) in [7, 11) is 0. The summed E-state index contributed by atoms with van der Waals surface area (Å²) in [6.45, 7) is 6.88. The van der Waals surface area contributed by atoms with E-state index in [9.17, 15) is 0 Å². The number of anilines is 1. The summed E-state index contributed by atoms with van der Waals surface area (Å²) < 4.78 is 7.66. The van der Waals surface area contributed by atoms with E-state index in [1.807, 2.05) is 6.07 Å². The van der Waals surface area contributed by atoms with E-state index in [1.165, 1.54) is 0 Å². The van der Waals surface area contributed by atoms with Crippen molar-refractivity contribution < 1.29 is 4.74 Å². The van der Waals surface area contributed by atoms with Gasteiger partial charge < -0.3 is 10.1 Å². The number of nitrogens with zero attached hydrogens (tertiary/aromatic N) is 2. The van der Waals surface area contributed by atoms with E-state index < -0.39 is 0 Å². The van der Waals surface area contributed by atoms with Crippen molar-refractivity contribution in [3.63, 3.8) is 0 Å². The number of halogens is 2. The Bertz CT molecular complexity index is 403. The molecule has 1 saturated heterocycles. The minimum Gasteiger partial charge on any atom is -0.374 e. The van der Waals surface area contributed by atoms with Gasteiger partial charge in [0.2, 0.25) is 0 Å². The molecule has 0 aliphatic carbocycles. The van der Waals surface area contributed by atoms with Crippen LogP contribution in [0.25, 0.3) is 0 Å². The Kier molecular flexibility index (Phi) is 5.41. The zero-order valence-electron chi connectivity index (χ0n) is 10.3. The minimum absolute atomic E-state index is 0.232. The molecule has 2 heterocycles. The second kappa shape index (κ2) is 6.84. The van der Waals surface area contributed by atoms with Crippen molar-refractivity contribution in [1.29, 1.82) is 0 Å². The van der Waals surface area contributed by atoms with Gasteiger partial charge in [-0.25, -0.2) is 4.98 Å². The van der Waals surface area contributed by atoms with Crippen LogP contribution in [0.3, 0.4) is 0 Å². The predicted molar refractivity (Wildman–Crippen MR) is 80.0 cm³/mol. The highest BCUT2D eigenvalue weighted by atomic mass is 79.9. The topological polar surface area (TPSA) is 37.4 Å². The lowest BCUT2D eigenvalue weighted by Crippen LogP contribution is -2.45. The first-order valence-corrected chi connectivity index (χ1v) is 7.66. The van der Waals surface area contributed by atoms with Crippen LogP contribution < -0.4 is 5.32 Å². The van der Waals surface area contributed by atoms with E-state index in [4.69, 9.17) is 4.74 Å². The number of hydrogen-bond donors (Lipinski definition) is 1. The van der Waals surface area contributed by atoms with Gasteiger partial charge in [-0.2, -0.15) is 0 Å². The van der Waals surface area contributed by atoms with E-state index >= 15 is 0 Å². The highest BCUT2D eigenvalue weighted by Gasteiger charge is 2.19. The lowest BCUT2D eigenvalue weighted by molar-refractivity contribution is -0.0192. The van der Waals surface area contributed by atoms with Gasteiger partial charge in [0.25, 0.3) is 0 Å². The second-order valence-electron chi connectivity index (χ2n) is 4.25. The summed E-state index contributed by atoms with van der Waals surface area (Å²) in [5.41, 5.74) is 0. The lowest BCUT2D eigenvalue weighted by atomic mass is 10.2. The van der Waals surface area contributed by atoms with E-state index in [2.05, 4.69) is 54.0 Å². The lowest BCUT2D eigenvalue weighted by Gasteiger charge is -2.32. The molecule has 1 unspecified atom stereocenters. The quantitative estimate of drug-likeness (QED) is 0.874. The van der Waals surface area contributed by atoms with E-state index in [-0.39, 0.29) is 6.10 Å². The molecule has 1 aliphatic rings. The summed E-state index contributed by atoms with van der Waals surface area (Å²) >= 11 is 6.88. The van der Waals surface area contributed by atoms with Gasteiger partial charge in [-0.05, 0) is 44.5 Å². The number of pyridine rings is 1. The molecular formula is C12H17Br2N3O. The van der Waals surface area contributed by atoms with E-state index in [0.717, 1.165) is 47.5 Å². The minimum atomic E-state index is 0.232. The first kappa shape index (κ1) is 14.2. The molecule has 100 valence electrons. The third-order valence-electron chi connectivity index (χ3n) is 2.98. The third kappa shape index (κ3) is 3.91. The zero-order chi connectivity index (χ0) is 13.0. The Labute approximate surface area is 124 Å². The van der Waals surface area contributed by atoms with Crippen molar-refractivity contribution in [3.8, 4) is 0 Å². The average molecular weight is 379 g/mol. The first-order valence-electron chi connectivity index (χ1n) is 6.08. The van der Waals surface area contributed by atoms with Gasteiger partial charge in [0.05, 0.1) is 17.2 Å². The normalized spacial score (nSPS) is 20.9. The summed E-state index contributed by atoms with van der Waals surface area (Å²) in [5.74, 6) is 0.857. The highest BCUT2D eigenvalue weighted by molar-refractivity contribution is 9.11. The SMILES string of the molecule is CCN1CCOC(CNc2ncc(Br)cc2Br)C1. The Morgan fingerprint density at radius 1 is 1.56 bits per heavy atom. The number of aromatic nitrogens is 1. The Balaban J connectivity index is 1.87. The van der Waals surface area contributed by atoms with Crippen molar-refractivity contribution in [3.05, 3.63) is 21.2 Å². The fourth-order valence-electron chi connectivity index (χ4n) is 1.95.